The molecular formula is C17H29N3O. The second-order valence-corrected chi connectivity index (χ2v) is 5.23. The molecule has 2 unspecified atom stereocenters. The fourth-order valence-corrected chi connectivity index (χ4v) is 2.60. The van der Waals surface area contributed by atoms with Crippen LogP contribution in [0.4, 0.5) is 0 Å². The van der Waals surface area contributed by atoms with Crippen molar-refractivity contribution in [3.63, 3.8) is 0 Å². The minimum absolute atomic E-state index is 0.0630. The van der Waals surface area contributed by atoms with Crippen molar-refractivity contribution in [3.05, 3.63) is 35.9 Å². The van der Waals surface area contributed by atoms with Gasteiger partial charge in [-0.25, -0.2) is 0 Å². The third-order valence-corrected chi connectivity index (χ3v) is 4.06. The number of amides is 1. The zero-order valence-corrected chi connectivity index (χ0v) is 13.5. The van der Waals surface area contributed by atoms with Gasteiger partial charge in [0.1, 0.15) is 0 Å². The summed E-state index contributed by atoms with van der Waals surface area (Å²) in [6.07, 6.45) is 0.781. The molecule has 0 aliphatic rings. The summed E-state index contributed by atoms with van der Waals surface area (Å²) in [6, 6.07) is 10.6. The summed E-state index contributed by atoms with van der Waals surface area (Å²) in [7, 11) is 0. The molecule has 3 N–H and O–H groups in total. The molecule has 0 spiro atoms. The summed E-state index contributed by atoms with van der Waals surface area (Å²) >= 11 is 0. The van der Waals surface area contributed by atoms with E-state index in [0.717, 1.165) is 19.5 Å². The Labute approximate surface area is 128 Å². The van der Waals surface area contributed by atoms with Crippen LogP contribution in [-0.2, 0) is 4.79 Å². The van der Waals surface area contributed by atoms with Crippen molar-refractivity contribution < 1.29 is 4.79 Å². The highest BCUT2D eigenvalue weighted by Crippen LogP contribution is 2.19. The van der Waals surface area contributed by atoms with Gasteiger partial charge in [-0.1, -0.05) is 51.1 Å². The fourth-order valence-electron chi connectivity index (χ4n) is 2.60. The lowest BCUT2D eigenvalue weighted by molar-refractivity contribution is -0.125. The molecular weight excluding hydrogens is 262 g/mol. The lowest BCUT2D eigenvalue weighted by Crippen LogP contribution is -2.41. The maximum atomic E-state index is 12.1. The Morgan fingerprint density at radius 3 is 2.29 bits per heavy atom. The molecule has 1 rings (SSSR count). The molecule has 0 aliphatic heterocycles. The smallest absolute Gasteiger partial charge is 0.224 e. The highest BCUT2D eigenvalue weighted by atomic mass is 16.1. The molecule has 1 aromatic carbocycles. The number of rotatable bonds is 9. The predicted molar refractivity (Wildman–Crippen MR) is 87.9 cm³/mol. The van der Waals surface area contributed by atoms with Crippen LogP contribution in [0.15, 0.2) is 30.3 Å². The van der Waals surface area contributed by atoms with Gasteiger partial charge in [0.2, 0.25) is 5.91 Å². The standard InChI is InChI=1S/C17H29N3O/c1-4-14(12-18)17(21)19-13-16(20(5-2)6-3)15-10-8-7-9-11-15/h7-11,14,16H,4-6,12-13,18H2,1-3H3,(H,19,21). The Morgan fingerprint density at radius 2 is 1.81 bits per heavy atom. The largest absolute Gasteiger partial charge is 0.354 e. The molecule has 21 heavy (non-hydrogen) atoms. The number of nitrogens with two attached hydrogens (primary N) is 1. The number of nitrogens with zero attached hydrogens (tertiary/aromatic N) is 1. The molecule has 0 aliphatic carbocycles. The average molecular weight is 291 g/mol. The Morgan fingerprint density at radius 1 is 1.19 bits per heavy atom. The van der Waals surface area contributed by atoms with Gasteiger partial charge in [0.25, 0.3) is 0 Å². The molecule has 1 aromatic rings. The van der Waals surface area contributed by atoms with Crippen molar-refractivity contribution >= 4 is 5.91 Å². The van der Waals surface area contributed by atoms with Crippen LogP contribution in [-0.4, -0.2) is 37.0 Å². The first kappa shape index (κ1) is 17.7. The Kier molecular flexibility index (Phi) is 8.01. The first-order valence-corrected chi connectivity index (χ1v) is 7.94. The Balaban J connectivity index is 2.77. The van der Waals surface area contributed by atoms with E-state index in [1.54, 1.807) is 0 Å². The van der Waals surface area contributed by atoms with Crippen molar-refractivity contribution in [1.29, 1.82) is 0 Å². The van der Waals surface area contributed by atoms with Gasteiger partial charge < -0.3 is 11.1 Å². The summed E-state index contributed by atoms with van der Waals surface area (Å²) in [5.41, 5.74) is 6.88. The number of carbonyl (C=O) groups is 1. The van der Waals surface area contributed by atoms with Crippen LogP contribution in [0.1, 0.15) is 38.8 Å². The van der Waals surface area contributed by atoms with E-state index in [2.05, 4.69) is 36.2 Å². The maximum absolute atomic E-state index is 12.1. The lowest BCUT2D eigenvalue weighted by Gasteiger charge is -2.30. The van der Waals surface area contributed by atoms with Gasteiger partial charge in [-0.15, -0.1) is 0 Å². The van der Waals surface area contributed by atoms with Crippen molar-refractivity contribution in [2.75, 3.05) is 26.2 Å². The topological polar surface area (TPSA) is 58.4 Å². The van der Waals surface area contributed by atoms with Crippen LogP contribution in [0.5, 0.6) is 0 Å². The van der Waals surface area contributed by atoms with Gasteiger partial charge >= 0.3 is 0 Å². The molecule has 1 amide bonds. The van der Waals surface area contributed by atoms with Gasteiger partial charge in [-0.05, 0) is 25.1 Å². The molecule has 2 atom stereocenters. The SMILES string of the molecule is CCC(CN)C(=O)NCC(c1ccccc1)N(CC)CC. The van der Waals surface area contributed by atoms with E-state index >= 15 is 0 Å². The number of likely N-dealkylation sites (N-methyl/N-ethyl adjacent to an activating group) is 1. The average Bonchev–Trinajstić information content (AvgIpc) is 2.53. The van der Waals surface area contributed by atoms with Gasteiger partial charge in [-0.2, -0.15) is 0 Å². The number of benzene rings is 1. The number of carbonyl (C=O) groups excluding carboxylic acids is 1. The molecule has 118 valence electrons. The summed E-state index contributed by atoms with van der Waals surface area (Å²) < 4.78 is 0. The Hall–Kier alpha value is -1.39. The van der Waals surface area contributed by atoms with Crippen molar-refractivity contribution in [1.82, 2.24) is 10.2 Å². The summed E-state index contributed by atoms with van der Waals surface area (Å²) in [5, 5.41) is 3.07. The summed E-state index contributed by atoms with van der Waals surface area (Å²) in [4.78, 5) is 14.5. The van der Waals surface area contributed by atoms with Gasteiger partial charge in [0.15, 0.2) is 0 Å². The second-order valence-electron chi connectivity index (χ2n) is 5.23. The van der Waals surface area contributed by atoms with Crippen LogP contribution < -0.4 is 11.1 Å². The maximum Gasteiger partial charge on any atom is 0.224 e. The number of nitrogens with one attached hydrogen (secondary N) is 1. The first-order valence-electron chi connectivity index (χ1n) is 7.94. The van der Waals surface area contributed by atoms with E-state index in [-0.39, 0.29) is 17.9 Å². The molecule has 0 aromatic heterocycles. The molecule has 0 bridgehead atoms. The molecule has 0 saturated heterocycles. The molecule has 0 fully saturated rings. The molecule has 4 heteroatoms. The quantitative estimate of drug-likeness (QED) is 0.733. The highest BCUT2D eigenvalue weighted by molar-refractivity contribution is 5.78. The minimum atomic E-state index is -0.0851. The lowest BCUT2D eigenvalue weighted by atomic mass is 10.0. The van der Waals surface area contributed by atoms with E-state index < -0.39 is 0 Å². The number of hydrogen-bond donors (Lipinski definition) is 2. The molecule has 0 saturated carbocycles. The van der Waals surface area contributed by atoms with E-state index in [1.807, 2.05) is 25.1 Å². The van der Waals surface area contributed by atoms with Crippen LogP contribution in [0.2, 0.25) is 0 Å². The van der Waals surface area contributed by atoms with Crippen LogP contribution >= 0.6 is 0 Å². The van der Waals surface area contributed by atoms with Crippen LogP contribution in [0, 0.1) is 5.92 Å². The highest BCUT2D eigenvalue weighted by Gasteiger charge is 2.20. The van der Waals surface area contributed by atoms with Gasteiger partial charge in [0.05, 0.1) is 6.04 Å². The van der Waals surface area contributed by atoms with Crippen molar-refractivity contribution in [3.8, 4) is 0 Å². The number of hydrogen-bond acceptors (Lipinski definition) is 3. The van der Waals surface area contributed by atoms with Crippen molar-refractivity contribution in [2.24, 2.45) is 11.7 Å². The molecule has 4 nitrogen and oxygen atoms in total. The van der Waals surface area contributed by atoms with E-state index in [0.29, 0.717) is 13.1 Å². The summed E-state index contributed by atoms with van der Waals surface area (Å²) in [5.74, 6) is -0.0220. The first-order chi connectivity index (χ1) is 10.2. The van der Waals surface area contributed by atoms with Crippen molar-refractivity contribution in [2.45, 2.75) is 33.2 Å². The van der Waals surface area contributed by atoms with E-state index in [4.69, 9.17) is 5.73 Å². The van der Waals surface area contributed by atoms with Crippen LogP contribution in [0.3, 0.4) is 0 Å². The third kappa shape index (κ3) is 5.14. The molecule has 0 radical (unpaired) electrons. The zero-order chi connectivity index (χ0) is 15.7. The minimum Gasteiger partial charge on any atom is -0.354 e. The fraction of sp³-hybridized carbons (Fsp3) is 0.588. The monoisotopic (exact) mass is 291 g/mol. The van der Waals surface area contributed by atoms with E-state index in [9.17, 15) is 4.79 Å². The van der Waals surface area contributed by atoms with Gasteiger partial charge in [-0.3, -0.25) is 9.69 Å². The van der Waals surface area contributed by atoms with Crippen LogP contribution in [0.25, 0.3) is 0 Å². The Bertz CT molecular complexity index is 400. The van der Waals surface area contributed by atoms with E-state index in [1.165, 1.54) is 5.56 Å². The summed E-state index contributed by atoms with van der Waals surface area (Å²) in [6.45, 7) is 9.24. The third-order valence-electron chi connectivity index (χ3n) is 4.06. The van der Waals surface area contributed by atoms with Gasteiger partial charge in [0, 0.05) is 19.0 Å². The normalized spacial score (nSPS) is 14.0. The zero-order valence-electron chi connectivity index (χ0n) is 13.5. The second kappa shape index (κ2) is 9.53. The molecule has 0 heterocycles. The predicted octanol–water partition coefficient (Wildman–Crippen LogP) is 2.17.